The van der Waals surface area contributed by atoms with Crippen LogP contribution < -0.4 is 0 Å². The zero-order chi connectivity index (χ0) is 22.5. The molecule has 0 amide bonds. The lowest BCUT2D eigenvalue weighted by molar-refractivity contribution is 0.277. The lowest BCUT2D eigenvalue weighted by atomic mass is 10.1. The van der Waals surface area contributed by atoms with Crippen molar-refractivity contribution >= 4 is 0 Å². The van der Waals surface area contributed by atoms with E-state index in [2.05, 4.69) is 49.7 Å². The fraction of sp³-hybridized carbons (Fsp3) is 0.833. The van der Waals surface area contributed by atoms with Crippen molar-refractivity contribution in [2.75, 3.05) is 81.6 Å². The molecule has 1 aromatic rings. The molecule has 0 radical (unpaired) electrons. The average molecular weight is 412 g/mol. The molecule has 0 aliphatic carbocycles. The van der Waals surface area contributed by atoms with Crippen LogP contribution in [0, 0.1) is 0 Å². The topological polar surface area (TPSA) is 17.9 Å². The zero-order valence-corrected chi connectivity index (χ0v) is 21.3. The van der Waals surface area contributed by atoms with Crippen LogP contribution in [0.15, 0.2) is 24.5 Å². The highest BCUT2D eigenvalue weighted by atomic mass is 15.1. The van der Waals surface area contributed by atoms with Gasteiger partial charge in [0.1, 0.15) is 0 Å². The minimum atomic E-state index is 1.16. The molecule has 2 saturated heterocycles. The van der Waals surface area contributed by atoms with Gasteiger partial charge in [-0.2, -0.15) is 0 Å². The molecule has 1 aromatic heterocycles. The van der Waals surface area contributed by atoms with Crippen molar-refractivity contribution in [1.82, 2.24) is 24.2 Å². The fourth-order valence-corrected chi connectivity index (χ4v) is 2.57. The number of piperidine rings is 1. The van der Waals surface area contributed by atoms with E-state index in [1.54, 1.807) is 0 Å². The Kier molecular flexibility index (Phi) is 22.8. The first-order chi connectivity index (χ1) is 13.7. The highest BCUT2D eigenvalue weighted by Gasteiger charge is 2.03. The number of hydrogen-bond acceptors (Lipinski definition) is 4. The second-order valence-corrected chi connectivity index (χ2v) is 8.55. The molecule has 3 rings (SSSR count). The fourth-order valence-electron chi connectivity index (χ4n) is 2.57. The van der Waals surface area contributed by atoms with Crippen molar-refractivity contribution in [3.63, 3.8) is 0 Å². The maximum absolute atomic E-state index is 2.39. The summed E-state index contributed by atoms with van der Waals surface area (Å²) >= 11 is 0. The molecule has 29 heavy (non-hydrogen) atoms. The predicted molar refractivity (Wildman–Crippen MR) is 132 cm³/mol. The second-order valence-electron chi connectivity index (χ2n) is 8.55. The van der Waals surface area contributed by atoms with Crippen molar-refractivity contribution in [2.45, 2.75) is 46.0 Å². The van der Waals surface area contributed by atoms with Crippen molar-refractivity contribution in [1.29, 1.82) is 0 Å². The molecular formula is C24H53N5. The Balaban J connectivity index is 0. The molecule has 0 aromatic carbocycles. The van der Waals surface area contributed by atoms with E-state index in [4.69, 9.17) is 0 Å². The van der Waals surface area contributed by atoms with Crippen LogP contribution in [0.25, 0.3) is 0 Å². The molecule has 0 N–H and O–H groups in total. The third-order valence-electron chi connectivity index (χ3n) is 4.74. The van der Waals surface area contributed by atoms with Gasteiger partial charge in [-0.25, -0.2) is 0 Å². The third kappa shape index (κ3) is 27.1. The largest absolute Gasteiger partial charge is 0.357 e. The van der Waals surface area contributed by atoms with Crippen LogP contribution in [-0.2, 0) is 7.05 Å². The normalized spacial score (nSPS) is 16.5. The highest BCUT2D eigenvalue weighted by Crippen LogP contribution is 2.04. The molecule has 0 atom stereocenters. The Labute approximate surface area is 183 Å². The summed E-state index contributed by atoms with van der Waals surface area (Å²) in [5.41, 5.74) is 0. The SMILES string of the molecule is CCN(C)CC.CN(C)C.CN1CCCC1.CN1CCCCC1.Cn1cccc1. The van der Waals surface area contributed by atoms with Crippen molar-refractivity contribution in [2.24, 2.45) is 7.05 Å². The van der Waals surface area contributed by atoms with Gasteiger partial charge in [-0.3, -0.25) is 0 Å². The summed E-state index contributed by atoms with van der Waals surface area (Å²) in [6.45, 7) is 11.9. The van der Waals surface area contributed by atoms with Gasteiger partial charge >= 0.3 is 0 Å². The Morgan fingerprint density at radius 3 is 1.03 bits per heavy atom. The average Bonchev–Trinajstić information content (AvgIpc) is 3.36. The van der Waals surface area contributed by atoms with Gasteiger partial charge in [-0.1, -0.05) is 20.3 Å². The standard InChI is InChI=1S/C6H13N.C5H11N.C5H7N.C5H13N.C3H9N/c1-7-5-3-2-4-6-7;2*1-6-4-2-3-5-6;1-4-6(3)5-2;1-4(2)3/h2-6H2,1H3;2-5H2,1H3;2-5H,1H3;4-5H2,1-3H3;1-3H3. The zero-order valence-electron chi connectivity index (χ0n) is 21.3. The summed E-state index contributed by atoms with van der Waals surface area (Å²) in [5, 5.41) is 0. The molecule has 0 bridgehead atoms. The smallest absolute Gasteiger partial charge is 0.0106 e. The molecule has 174 valence electrons. The number of nitrogens with zero attached hydrogens (tertiary/aromatic N) is 5. The number of aryl methyl sites for hydroxylation is 1. The monoisotopic (exact) mass is 411 g/mol. The molecule has 0 saturated carbocycles. The minimum absolute atomic E-state index is 1.16. The summed E-state index contributed by atoms with van der Waals surface area (Å²) in [6, 6.07) is 4.00. The molecule has 0 spiro atoms. The van der Waals surface area contributed by atoms with E-state index in [0.29, 0.717) is 0 Å². The number of rotatable bonds is 2. The Morgan fingerprint density at radius 2 is 0.931 bits per heavy atom. The molecule has 5 nitrogen and oxygen atoms in total. The van der Waals surface area contributed by atoms with E-state index in [-0.39, 0.29) is 0 Å². The van der Waals surface area contributed by atoms with Gasteiger partial charge in [-0.15, -0.1) is 0 Å². The molecule has 2 aliphatic heterocycles. The Morgan fingerprint density at radius 1 is 0.621 bits per heavy atom. The number of hydrogen-bond donors (Lipinski definition) is 0. The summed E-state index contributed by atoms with van der Waals surface area (Å²) in [5.74, 6) is 0. The van der Waals surface area contributed by atoms with E-state index in [0.717, 1.165) is 13.1 Å². The van der Waals surface area contributed by atoms with Gasteiger partial charge in [0.15, 0.2) is 0 Å². The number of aromatic nitrogens is 1. The first-order valence-corrected chi connectivity index (χ1v) is 11.5. The summed E-state index contributed by atoms with van der Waals surface area (Å²) in [6.07, 6.45) is 11.1. The molecule has 3 heterocycles. The van der Waals surface area contributed by atoms with E-state index in [9.17, 15) is 0 Å². The van der Waals surface area contributed by atoms with Gasteiger partial charge < -0.3 is 24.2 Å². The maximum Gasteiger partial charge on any atom is 0.0106 e. The quantitative estimate of drug-likeness (QED) is 0.732. The van der Waals surface area contributed by atoms with E-state index in [1.165, 1.54) is 58.3 Å². The van der Waals surface area contributed by atoms with Crippen molar-refractivity contribution in [3.8, 4) is 0 Å². The number of likely N-dealkylation sites (tertiary alicyclic amines) is 2. The van der Waals surface area contributed by atoms with Gasteiger partial charge in [-0.05, 0) is 119 Å². The van der Waals surface area contributed by atoms with Gasteiger partial charge in [0.2, 0.25) is 0 Å². The molecule has 0 unspecified atom stereocenters. The van der Waals surface area contributed by atoms with Gasteiger partial charge in [0.05, 0.1) is 0 Å². The van der Waals surface area contributed by atoms with Crippen molar-refractivity contribution < 1.29 is 0 Å². The molecule has 2 fully saturated rings. The van der Waals surface area contributed by atoms with E-state index >= 15 is 0 Å². The Bertz CT molecular complexity index is 387. The highest BCUT2D eigenvalue weighted by molar-refractivity contribution is 4.88. The van der Waals surface area contributed by atoms with Crippen LogP contribution in [0.5, 0.6) is 0 Å². The molecule has 5 heteroatoms. The van der Waals surface area contributed by atoms with Crippen LogP contribution in [0.2, 0.25) is 0 Å². The first kappa shape index (κ1) is 30.3. The van der Waals surface area contributed by atoms with Crippen LogP contribution in [0.4, 0.5) is 0 Å². The van der Waals surface area contributed by atoms with Crippen LogP contribution >= 0.6 is 0 Å². The molecular weight excluding hydrogens is 358 g/mol. The molecule has 2 aliphatic rings. The minimum Gasteiger partial charge on any atom is -0.357 e. The summed E-state index contributed by atoms with van der Waals surface area (Å²) < 4.78 is 2.00. The predicted octanol–water partition coefficient (Wildman–Crippen LogP) is 3.98. The lowest BCUT2D eigenvalue weighted by Crippen LogP contribution is -2.24. The van der Waals surface area contributed by atoms with E-state index < -0.39 is 0 Å². The Hall–Kier alpha value is -0.880. The van der Waals surface area contributed by atoms with Crippen LogP contribution in [0.3, 0.4) is 0 Å². The van der Waals surface area contributed by atoms with Gasteiger partial charge in [0, 0.05) is 19.4 Å². The third-order valence-corrected chi connectivity index (χ3v) is 4.74. The maximum atomic E-state index is 2.39. The van der Waals surface area contributed by atoms with Crippen LogP contribution in [0.1, 0.15) is 46.0 Å². The summed E-state index contributed by atoms with van der Waals surface area (Å²) in [4.78, 5) is 9.00. The van der Waals surface area contributed by atoms with Gasteiger partial charge in [0.25, 0.3) is 0 Å². The van der Waals surface area contributed by atoms with Crippen LogP contribution in [-0.4, -0.2) is 106 Å². The lowest BCUT2D eigenvalue weighted by Gasteiger charge is -2.20. The second kappa shape index (κ2) is 21.8. The van der Waals surface area contributed by atoms with E-state index in [1.807, 2.05) is 62.2 Å². The first-order valence-electron chi connectivity index (χ1n) is 11.5. The summed E-state index contributed by atoms with van der Waals surface area (Å²) in [7, 11) is 14.5. The van der Waals surface area contributed by atoms with Crippen molar-refractivity contribution in [3.05, 3.63) is 24.5 Å².